The molecule has 1 N–H and O–H groups in total. The molecule has 3 aliphatic rings. The molecule has 0 bridgehead atoms. The van der Waals surface area contributed by atoms with Crippen LogP contribution in [0.1, 0.15) is 30.0 Å². The molecule has 3 aliphatic heterocycles. The number of piperazine rings is 1. The van der Waals surface area contributed by atoms with Gasteiger partial charge in [-0.05, 0) is 42.5 Å². The van der Waals surface area contributed by atoms with Crippen LogP contribution in [0.15, 0.2) is 48.5 Å². The summed E-state index contributed by atoms with van der Waals surface area (Å²) in [5, 5.41) is 2.81. The minimum Gasteiger partial charge on any atom is -0.493 e. The van der Waals surface area contributed by atoms with E-state index in [4.69, 9.17) is 4.74 Å². The third-order valence-electron chi connectivity index (χ3n) is 7.28. The summed E-state index contributed by atoms with van der Waals surface area (Å²) < 4.78 is 5.59. The molecule has 3 heterocycles. The molecular weight excluding hydrogens is 444 g/mol. The van der Waals surface area contributed by atoms with Crippen molar-refractivity contribution >= 4 is 17.8 Å². The van der Waals surface area contributed by atoms with Crippen LogP contribution in [0.25, 0.3) is 0 Å². The lowest BCUT2D eigenvalue weighted by Gasteiger charge is -2.35. The molecule has 2 aromatic carbocycles. The average molecular weight is 477 g/mol. The van der Waals surface area contributed by atoms with Gasteiger partial charge in [0.2, 0.25) is 5.91 Å². The topological polar surface area (TPSA) is 82.2 Å². The molecule has 184 valence electrons. The van der Waals surface area contributed by atoms with Gasteiger partial charge in [-0.2, -0.15) is 0 Å². The van der Waals surface area contributed by atoms with Gasteiger partial charge in [-0.3, -0.25) is 19.4 Å². The third kappa shape index (κ3) is 5.03. The fourth-order valence-electron chi connectivity index (χ4n) is 5.09. The molecule has 0 saturated carbocycles. The zero-order valence-corrected chi connectivity index (χ0v) is 20.2. The standard InChI is InChI=1S/C27H32N4O4/c1-27(11-9-20-5-3-2-4-6-20)25(33)31(26(34)28-27)19-24(32)30-14-12-29(13-15-30)18-21-7-8-23-22(17-21)10-16-35-23/h2-8,17H,9-16,18-19H2,1H3,(H,28,34)/t27-/m1/s1. The number of urea groups is 1. The highest BCUT2D eigenvalue weighted by Crippen LogP contribution is 2.27. The number of carbonyl (C=O) groups is 3. The van der Waals surface area contributed by atoms with Gasteiger partial charge in [0.05, 0.1) is 6.61 Å². The van der Waals surface area contributed by atoms with E-state index in [0.717, 1.165) is 48.9 Å². The maximum atomic E-state index is 13.1. The van der Waals surface area contributed by atoms with Crippen LogP contribution in [-0.2, 0) is 29.0 Å². The fourth-order valence-corrected chi connectivity index (χ4v) is 5.09. The Morgan fingerprint density at radius 2 is 1.80 bits per heavy atom. The Morgan fingerprint density at radius 3 is 2.57 bits per heavy atom. The van der Waals surface area contributed by atoms with Crippen LogP contribution in [-0.4, -0.2) is 77.4 Å². The van der Waals surface area contributed by atoms with Gasteiger partial charge in [-0.15, -0.1) is 0 Å². The first-order valence-electron chi connectivity index (χ1n) is 12.3. The third-order valence-corrected chi connectivity index (χ3v) is 7.28. The smallest absolute Gasteiger partial charge is 0.325 e. The van der Waals surface area contributed by atoms with E-state index in [0.29, 0.717) is 25.9 Å². The zero-order valence-electron chi connectivity index (χ0n) is 20.2. The summed E-state index contributed by atoms with van der Waals surface area (Å²) in [6.07, 6.45) is 2.11. The molecule has 0 unspecified atom stereocenters. The Hall–Kier alpha value is -3.39. The van der Waals surface area contributed by atoms with Gasteiger partial charge in [0.25, 0.3) is 5.91 Å². The molecule has 4 amide bonds. The molecule has 0 spiro atoms. The van der Waals surface area contributed by atoms with E-state index in [1.165, 1.54) is 11.1 Å². The summed E-state index contributed by atoms with van der Waals surface area (Å²) in [6.45, 7) is 5.80. The monoisotopic (exact) mass is 476 g/mol. The second kappa shape index (κ2) is 9.70. The lowest BCUT2D eigenvalue weighted by molar-refractivity contribution is -0.139. The average Bonchev–Trinajstić information content (AvgIpc) is 3.42. The van der Waals surface area contributed by atoms with Gasteiger partial charge in [-0.1, -0.05) is 42.5 Å². The molecule has 0 radical (unpaired) electrons. The molecule has 0 aliphatic carbocycles. The minimum atomic E-state index is -0.993. The first kappa shape index (κ1) is 23.4. The summed E-state index contributed by atoms with van der Waals surface area (Å²) in [4.78, 5) is 43.7. The summed E-state index contributed by atoms with van der Waals surface area (Å²) >= 11 is 0. The van der Waals surface area contributed by atoms with Crippen LogP contribution < -0.4 is 10.1 Å². The lowest BCUT2D eigenvalue weighted by Crippen LogP contribution is -2.52. The molecule has 2 saturated heterocycles. The highest BCUT2D eigenvalue weighted by molar-refractivity contribution is 6.08. The lowest BCUT2D eigenvalue weighted by atomic mass is 9.93. The normalized spacial score (nSPS) is 22.2. The van der Waals surface area contributed by atoms with Crippen molar-refractivity contribution in [3.8, 4) is 5.75 Å². The molecule has 35 heavy (non-hydrogen) atoms. The molecule has 0 aromatic heterocycles. The van der Waals surface area contributed by atoms with E-state index < -0.39 is 11.6 Å². The SMILES string of the molecule is C[C@]1(CCc2ccccc2)NC(=O)N(CC(=O)N2CCN(Cc3ccc4c(c3)CCO4)CC2)C1=O. The Labute approximate surface area is 205 Å². The second-order valence-corrected chi connectivity index (χ2v) is 9.84. The van der Waals surface area contributed by atoms with E-state index >= 15 is 0 Å². The molecule has 1 atom stereocenters. The largest absolute Gasteiger partial charge is 0.493 e. The summed E-state index contributed by atoms with van der Waals surface area (Å²) in [5.74, 6) is 0.474. The van der Waals surface area contributed by atoms with Crippen molar-refractivity contribution in [3.05, 3.63) is 65.2 Å². The van der Waals surface area contributed by atoms with Crippen LogP contribution in [0.2, 0.25) is 0 Å². The van der Waals surface area contributed by atoms with Gasteiger partial charge in [-0.25, -0.2) is 4.79 Å². The van der Waals surface area contributed by atoms with Crippen LogP contribution >= 0.6 is 0 Å². The number of nitrogens with zero attached hydrogens (tertiary/aromatic N) is 3. The van der Waals surface area contributed by atoms with E-state index in [9.17, 15) is 14.4 Å². The van der Waals surface area contributed by atoms with Crippen LogP contribution in [0.3, 0.4) is 0 Å². The number of nitrogens with one attached hydrogen (secondary N) is 1. The Morgan fingerprint density at radius 1 is 1.03 bits per heavy atom. The predicted molar refractivity (Wildman–Crippen MR) is 131 cm³/mol. The first-order chi connectivity index (χ1) is 16.9. The summed E-state index contributed by atoms with van der Waals surface area (Å²) in [6, 6.07) is 15.7. The number of benzene rings is 2. The molecule has 8 heteroatoms. The second-order valence-electron chi connectivity index (χ2n) is 9.84. The van der Waals surface area contributed by atoms with Crippen molar-refractivity contribution in [1.29, 1.82) is 0 Å². The number of hydrogen-bond acceptors (Lipinski definition) is 5. The number of imide groups is 1. The van der Waals surface area contributed by atoms with Crippen LogP contribution in [0.4, 0.5) is 4.79 Å². The molecule has 2 aromatic rings. The number of hydrogen-bond donors (Lipinski definition) is 1. The van der Waals surface area contributed by atoms with E-state index in [1.54, 1.807) is 11.8 Å². The van der Waals surface area contributed by atoms with Gasteiger partial charge in [0.15, 0.2) is 0 Å². The fraction of sp³-hybridized carbons (Fsp3) is 0.444. The van der Waals surface area contributed by atoms with Crippen molar-refractivity contribution < 1.29 is 19.1 Å². The summed E-state index contributed by atoms with van der Waals surface area (Å²) in [7, 11) is 0. The van der Waals surface area contributed by atoms with Crippen LogP contribution in [0, 0.1) is 0 Å². The number of ether oxygens (including phenoxy) is 1. The number of fused-ring (bicyclic) bond motifs is 1. The number of rotatable bonds is 7. The zero-order chi connectivity index (χ0) is 24.4. The van der Waals surface area contributed by atoms with Gasteiger partial charge in [0, 0.05) is 39.1 Å². The molecule has 2 fully saturated rings. The number of amides is 4. The molecule has 5 rings (SSSR count). The van der Waals surface area contributed by atoms with Crippen molar-refractivity contribution in [2.75, 3.05) is 39.3 Å². The molecular formula is C27H32N4O4. The quantitative estimate of drug-likeness (QED) is 0.620. The molecule has 8 nitrogen and oxygen atoms in total. The summed E-state index contributed by atoms with van der Waals surface area (Å²) in [5.41, 5.74) is 2.63. The van der Waals surface area contributed by atoms with E-state index in [-0.39, 0.29) is 18.4 Å². The Balaban J connectivity index is 1.11. The maximum absolute atomic E-state index is 13.1. The van der Waals surface area contributed by atoms with Crippen molar-refractivity contribution in [2.45, 2.75) is 38.3 Å². The highest BCUT2D eigenvalue weighted by Gasteiger charge is 2.48. The Kier molecular flexibility index (Phi) is 6.47. The van der Waals surface area contributed by atoms with Gasteiger partial charge >= 0.3 is 6.03 Å². The number of carbonyl (C=O) groups excluding carboxylic acids is 3. The van der Waals surface area contributed by atoms with Crippen molar-refractivity contribution in [3.63, 3.8) is 0 Å². The predicted octanol–water partition coefficient (Wildman–Crippen LogP) is 2.21. The number of aryl methyl sites for hydroxylation is 1. The Bertz CT molecular complexity index is 1110. The van der Waals surface area contributed by atoms with Crippen molar-refractivity contribution in [1.82, 2.24) is 20.0 Å². The first-order valence-corrected chi connectivity index (χ1v) is 12.3. The maximum Gasteiger partial charge on any atom is 0.325 e. The minimum absolute atomic E-state index is 0.185. The van der Waals surface area contributed by atoms with E-state index in [1.807, 2.05) is 36.4 Å². The van der Waals surface area contributed by atoms with E-state index in [2.05, 4.69) is 22.3 Å². The van der Waals surface area contributed by atoms with Gasteiger partial charge in [0.1, 0.15) is 17.8 Å². The van der Waals surface area contributed by atoms with Crippen molar-refractivity contribution in [2.24, 2.45) is 0 Å². The highest BCUT2D eigenvalue weighted by atomic mass is 16.5. The van der Waals surface area contributed by atoms with Crippen LogP contribution in [0.5, 0.6) is 5.75 Å². The van der Waals surface area contributed by atoms with Gasteiger partial charge < -0.3 is 15.0 Å².